The Kier molecular flexibility index (Phi) is 3.97. The molecule has 2 fully saturated rings. The van der Waals surface area contributed by atoms with Gasteiger partial charge in [-0.25, -0.2) is 0 Å². The average Bonchev–Trinajstić information content (AvgIpc) is 2.30. The normalized spacial score (nSPS) is 39.7. The van der Waals surface area contributed by atoms with Crippen molar-refractivity contribution >= 4 is 5.97 Å². The van der Waals surface area contributed by atoms with Crippen molar-refractivity contribution in [2.75, 3.05) is 33.2 Å². The molecular formula is C14H26N2O2. The summed E-state index contributed by atoms with van der Waals surface area (Å²) in [6, 6.07) is 0. The van der Waals surface area contributed by atoms with Gasteiger partial charge in [0.2, 0.25) is 0 Å². The lowest BCUT2D eigenvalue weighted by molar-refractivity contribution is -0.161. The monoisotopic (exact) mass is 254 g/mol. The molecule has 4 heteroatoms. The molecule has 0 amide bonds. The number of hydrogen-bond donors (Lipinski definition) is 1. The van der Waals surface area contributed by atoms with Crippen molar-refractivity contribution < 1.29 is 9.90 Å². The molecule has 0 bridgehead atoms. The van der Waals surface area contributed by atoms with E-state index < -0.39 is 11.5 Å². The van der Waals surface area contributed by atoms with Crippen LogP contribution in [0.3, 0.4) is 0 Å². The van der Waals surface area contributed by atoms with Crippen LogP contribution in [0.2, 0.25) is 0 Å². The molecule has 0 aromatic heterocycles. The summed E-state index contributed by atoms with van der Waals surface area (Å²) in [5, 5.41) is 9.81. The van der Waals surface area contributed by atoms with Crippen LogP contribution in [0.4, 0.5) is 0 Å². The van der Waals surface area contributed by atoms with Gasteiger partial charge < -0.3 is 10.0 Å². The number of aliphatic carboxylic acids is 1. The van der Waals surface area contributed by atoms with Gasteiger partial charge in [-0.15, -0.1) is 0 Å². The second-order valence-corrected chi connectivity index (χ2v) is 6.30. The lowest BCUT2D eigenvalue weighted by Crippen LogP contribution is -2.64. The van der Waals surface area contributed by atoms with E-state index >= 15 is 0 Å². The topological polar surface area (TPSA) is 43.8 Å². The molecule has 2 aliphatic rings. The summed E-state index contributed by atoms with van der Waals surface area (Å²) in [7, 11) is 2.11. The molecular weight excluding hydrogens is 228 g/mol. The number of carboxylic acids is 1. The molecule has 3 unspecified atom stereocenters. The second kappa shape index (κ2) is 5.17. The minimum Gasteiger partial charge on any atom is -0.480 e. The van der Waals surface area contributed by atoms with Gasteiger partial charge in [-0.2, -0.15) is 0 Å². The van der Waals surface area contributed by atoms with Crippen LogP contribution in [0.15, 0.2) is 0 Å². The van der Waals surface area contributed by atoms with E-state index in [1.54, 1.807) is 0 Å². The molecule has 1 aliphatic heterocycles. The van der Waals surface area contributed by atoms with Crippen LogP contribution in [-0.4, -0.2) is 59.6 Å². The molecule has 1 saturated carbocycles. The first-order valence-electron chi connectivity index (χ1n) is 7.14. The summed E-state index contributed by atoms with van der Waals surface area (Å²) in [5.74, 6) is 0.313. The lowest BCUT2D eigenvalue weighted by Gasteiger charge is -2.51. The highest BCUT2D eigenvalue weighted by molar-refractivity contribution is 5.79. The first-order valence-corrected chi connectivity index (χ1v) is 7.14. The lowest BCUT2D eigenvalue weighted by atomic mass is 9.68. The molecule has 4 nitrogen and oxygen atoms in total. The van der Waals surface area contributed by atoms with Gasteiger partial charge in [0.15, 0.2) is 0 Å². The quantitative estimate of drug-likeness (QED) is 0.811. The van der Waals surface area contributed by atoms with Crippen LogP contribution < -0.4 is 0 Å². The largest absolute Gasteiger partial charge is 0.480 e. The molecule has 1 N–H and O–H groups in total. The van der Waals surface area contributed by atoms with Crippen LogP contribution in [0, 0.1) is 11.8 Å². The zero-order chi connectivity index (χ0) is 13.3. The van der Waals surface area contributed by atoms with Crippen LogP contribution in [0.25, 0.3) is 0 Å². The summed E-state index contributed by atoms with van der Waals surface area (Å²) in [6.07, 6.45) is 2.90. The smallest absolute Gasteiger partial charge is 0.324 e. The van der Waals surface area contributed by atoms with Crippen LogP contribution >= 0.6 is 0 Å². The molecule has 3 atom stereocenters. The summed E-state index contributed by atoms with van der Waals surface area (Å²) >= 11 is 0. The molecule has 104 valence electrons. The van der Waals surface area contributed by atoms with Gasteiger partial charge in [0.25, 0.3) is 0 Å². The zero-order valence-electron chi connectivity index (χ0n) is 11.9. The van der Waals surface area contributed by atoms with Crippen LogP contribution in [0.5, 0.6) is 0 Å². The molecule has 0 radical (unpaired) electrons. The summed E-state index contributed by atoms with van der Waals surface area (Å²) < 4.78 is 0. The van der Waals surface area contributed by atoms with Crippen molar-refractivity contribution in [1.29, 1.82) is 0 Å². The van der Waals surface area contributed by atoms with Crippen molar-refractivity contribution in [2.24, 2.45) is 11.8 Å². The number of likely N-dealkylation sites (N-methyl/N-ethyl adjacent to an activating group) is 1. The maximum Gasteiger partial charge on any atom is 0.324 e. The number of carboxylic acid groups (broad SMARTS) is 1. The Hall–Kier alpha value is -0.610. The minimum absolute atomic E-state index is 0.252. The number of piperazine rings is 1. The average molecular weight is 254 g/mol. The van der Waals surface area contributed by atoms with E-state index in [1.165, 1.54) is 0 Å². The highest BCUT2D eigenvalue weighted by Crippen LogP contribution is 2.41. The van der Waals surface area contributed by atoms with E-state index in [1.807, 2.05) is 0 Å². The van der Waals surface area contributed by atoms with Crippen molar-refractivity contribution in [3.63, 3.8) is 0 Å². The fourth-order valence-electron chi connectivity index (χ4n) is 3.76. The molecule has 1 aliphatic carbocycles. The predicted molar refractivity (Wildman–Crippen MR) is 71.6 cm³/mol. The highest BCUT2D eigenvalue weighted by atomic mass is 16.4. The Morgan fingerprint density at radius 3 is 2.33 bits per heavy atom. The Bertz CT molecular complexity index is 313. The van der Waals surface area contributed by atoms with E-state index in [-0.39, 0.29) is 5.92 Å². The Labute approximate surface area is 110 Å². The first-order chi connectivity index (χ1) is 8.46. The van der Waals surface area contributed by atoms with E-state index in [9.17, 15) is 9.90 Å². The molecule has 0 spiro atoms. The van der Waals surface area contributed by atoms with Gasteiger partial charge in [0.1, 0.15) is 5.54 Å². The van der Waals surface area contributed by atoms with Crippen molar-refractivity contribution in [3.05, 3.63) is 0 Å². The Balaban J connectivity index is 2.19. The fourth-order valence-corrected chi connectivity index (χ4v) is 3.76. The van der Waals surface area contributed by atoms with Crippen LogP contribution in [-0.2, 0) is 4.79 Å². The van der Waals surface area contributed by atoms with E-state index in [4.69, 9.17) is 0 Å². The molecule has 0 aromatic carbocycles. The highest BCUT2D eigenvalue weighted by Gasteiger charge is 2.51. The summed E-state index contributed by atoms with van der Waals surface area (Å²) in [4.78, 5) is 16.4. The van der Waals surface area contributed by atoms with E-state index in [0.29, 0.717) is 5.92 Å². The first kappa shape index (κ1) is 13.8. The summed E-state index contributed by atoms with van der Waals surface area (Å²) in [6.45, 7) is 8.12. The number of nitrogens with zero attached hydrogens (tertiary/aromatic N) is 2. The molecule has 2 rings (SSSR count). The van der Waals surface area contributed by atoms with Gasteiger partial charge in [0, 0.05) is 26.2 Å². The Morgan fingerprint density at radius 2 is 1.83 bits per heavy atom. The third kappa shape index (κ3) is 2.28. The standard InChI is InChI=1S/C14H26N2O2/c1-11-4-5-14(13(17)18,12(2)10-11)16-8-6-15(3)7-9-16/h11-12H,4-10H2,1-3H3,(H,17,18). The number of rotatable bonds is 2. The van der Waals surface area contributed by atoms with E-state index in [2.05, 4.69) is 30.7 Å². The van der Waals surface area contributed by atoms with Gasteiger partial charge in [-0.1, -0.05) is 13.8 Å². The zero-order valence-corrected chi connectivity index (χ0v) is 11.9. The van der Waals surface area contributed by atoms with Gasteiger partial charge in [0.05, 0.1) is 0 Å². The molecule has 1 saturated heterocycles. The SMILES string of the molecule is CC1CCC(C(=O)O)(N2CCN(C)CC2)C(C)C1. The molecule has 1 heterocycles. The second-order valence-electron chi connectivity index (χ2n) is 6.30. The van der Waals surface area contributed by atoms with Crippen LogP contribution in [0.1, 0.15) is 33.1 Å². The van der Waals surface area contributed by atoms with Crippen molar-refractivity contribution in [3.8, 4) is 0 Å². The maximum absolute atomic E-state index is 11.9. The third-order valence-electron chi connectivity index (χ3n) is 5.03. The predicted octanol–water partition coefficient (Wildman–Crippen LogP) is 1.51. The minimum atomic E-state index is -0.605. The van der Waals surface area contributed by atoms with Gasteiger partial charge >= 0.3 is 5.97 Å². The van der Waals surface area contributed by atoms with Crippen molar-refractivity contribution in [1.82, 2.24) is 9.80 Å². The third-order valence-corrected chi connectivity index (χ3v) is 5.03. The van der Waals surface area contributed by atoms with Crippen molar-refractivity contribution in [2.45, 2.75) is 38.6 Å². The number of hydrogen-bond acceptors (Lipinski definition) is 3. The maximum atomic E-state index is 11.9. The van der Waals surface area contributed by atoms with E-state index in [0.717, 1.165) is 45.4 Å². The van der Waals surface area contributed by atoms with Gasteiger partial charge in [-0.3, -0.25) is 9.69 Å². The van der Waals surface area contributed by atoms with Gasteiger partial charge in [-0.05, 0) is 38.1 Å². The fraction of sp³-hybridized carbons (Fsp3) is 0.929. The number of carbonyl (C=O) groups is 1. The molecule has 0 aromatic rings. The molecule has 18 heavy (non-hydrogen) atoms. The Morgan fingerprint density at radius 1 is 1.22 bits per heavy atom. The summed E-state index contributed by atoms with van der Waals surface area (Å²) in [5.41, 5.74) is -0.603.